The van der Waals surface area contributed by atoms with Crippen molar-refractivity contribution in [3.05, 3.63) is 49.8 Å². The molecule has 2 aromatic rings. The molecule has 0 radical (unpaired) electrons. The van der Waals surface area contributed by atoms with E-state index in [-0.39, 0.29) is 11.1 Å². The number of rotatable bonds is 1. The first kappa shape index (κ1) is 11.9. The summed E-state index contributed by atoms with van der Waals surface area (Å²) in [5, 5.41) is 11.3. The third-order valence-corrected chi connectivity index (χ3v) is 3.74. The van der Waals surface area contributed by atoms with Crippen LogP contribution < -0.4 is 5.43 Å². The van der Waals surface area contributed by atoms with E-state index in [1.807, 2.05) is 0 Å². The molecule has 5 heteroatoms. The van der Waals surface area contributed by atoms with Crippen molar-refractivity contribution in [1.29, 1.82) is 0 Å². The maximum Gasteiger partial charge on any atom is 0.271 e. The maximum atomic E-state index is 12.4. The number of non-ortho nitro benzene ring substituents is 1. The highest BCUT2D eigenvalue weighted by Gasteiger charge is 2.16. The molecule has 19 heavy (non-hydrogen) atoms. The van der Waals surface area contributed by atoms with Gasteiger partial charge in [0.15, 0.2) is 5.43 Å². The molecule has 0 fully saturated rings. The Labute approximate surface area is 109 Å². The van der Waals surface area contributed by atoms with E-state index in [9.17, 15) is 14.9 Å². The average Bonchev–Trinajstić information content (AvgIpc) is 2.63. The number of benzene rings is 1. The van der Waals surface area contributed by atoms with Crippen LogP contribution >= 0.6 is 0 Å². The number of fused-ring (bicyclic) bond motifs is 2. The van der Waals surface area contributed by atoms with Crippen molar-refractivity contribution in [3.8, 4) is 0 Å². The summed E-state index contributed by atoms with van der Waals surface area (Å²) in [6, 6.07) is 4.39. The molecule has 0 bridgehead atoms. The first-order chi connectivity index (χ1) is 9.16. The molecule has 98 valence electrons. The van der Waals surface area contributed by atoms with Gasteiger partial charge in [-0.1, -0.05) is 6.42 Å². The zero-order chi connectivity index (χ0) is 13.4. The summed E-state index contributed by atoms with van der Waals surface area (Å²) in [6.45, 7) is 0. The number of aromatic amines is 1. The number of nitro benzene ring substituents is 1. The van der Waals surface area contributed by atoms with Crippen LogP contribution in [0, 0.1) is 10.1 Å². The van der Waals surface area contributed by atoms with E-state index in [1.54, 1.807) is 6.07 Å². The highest BCUT2D eigenvalue weighted by atomic mass is 16.6. The Morgan fingerprint density at radius 2 is 1.95 bits per heavy atom. The zero-order valence-corrected chi connectivity index (χ0v) is 10.4. The second kappa shape index (κ2) is 4.50. The summed E-state index contributed by atoms with van der Waals surface area (Å²) in [5.41, 5.74) is 2.42. The minimum Gasteiger partial charge on any atom is -0.358 e. The van der Waals surface area contributed by atoms with Gasteiger partial charge in [0, 0.05) is 28.8 Å². The van der Waals surface area contributed by atoms with Gasteiger partial charge in [-0.25, -0.2) is 0 Å². The molecule has 0 saturated heterocycles. The third kappa shape index (κ3) is 2.01. The van der Waals surface area contributed by atoms with E-state index in [4.69, 9.17) is 0 Å². The molecule has 0 spiro atoms. The molecule has 1 aromatic heterocycles. The van der Waals surface area contributed by atoms with Crippen LogP contribution in [-0.2, 0) is 12.8 Å². The predicted molar refractivity (Wildman–Crippen MR) is 72.5 cm³/mol. The van der Waals surface area contributed by atoms with Crippen molar-refractivity contribution in [3.63, 3.8) is 0 Å². The summed E-state index contributed by atoms with van der Waals surface area (Å²) in [6.07, 6.45) is 4.87. The number of hydrogen-bond donors (Lipinski definition) is 1. The molecule has 0 saturated carbocycles. The minimum absolute atomic E-state index is 0.0109. The van der Waals surface area contributed by atoms with Crippen molar-refractivity contribution >= 4 is 16.6 Å². The zero-order valence-electron chi connectivity index (χ0n) is 10.4. The second-order valence-corrected chi connectivity index (χ2v) is 4.96. The topological polar surface area (TPSA) is 76.0 Å². The van der Waals surface area contributed by atoms with Gasteiger partial charge in [0.1, 0.15) is 0 Å². The van der Waals surface area contributed by atoms with Gasteiger partial charge in [0.05, 0.1) is 10.4 Å². The van der Waals surface area contributed by atoms with Gasteiger partial charge in [-0.3, -0.25) is 14.9 Å². The summed E-state index contributed by atoms with van der Waals surface area (Å²) in [4.78, 5) is 26.0. The van der Waals surface area contributed by atoms with Gasteiger partial charge in [-0.15, -0.1) is 0 Å². The van der Waals surface area contributed by atoms with Gasteiger partial charge in [0.25, 0.3) is 5.69 Å². The number of nitrogens with one attached hydrogen (secondary N) is 1. The summed E-state index contributed by atoms with van der Waals surface area (Å²) < 4.78 is 0. The van der Waals surface area contributed by atoms with Gasteiger partial charge in [-0.05, 0) is 31.7 Å². The van der Waals surface area contributed by atoms with Crippen LogP contribution in [0.25, 0.3) is 10.9 Å². The lowest BCUT2D eigenvalue weighted by Gasteiger charge is -2.07. The number of hydrogen-bond acceptors (Lipinski definition) is 3. The Kier molecular flexibility index (Phi) is 2.81. The van der Waals surface area contributed by atoms with Crippen molar-refractivity contribution in [1.82, 2.24) is 4.98 Å². The average molecular weight is 258 g/mol. The quantitative estimate of drug-likeness (QED) is 0.485. The van der Waals surface area contributed by atoms with Gasteiger partial charge < -0.3 is 4.98 Å². The molecule has 0 aliphatic heterocycles. The second-order valence-electron chi connectivity index (χ2n) is 4.96. The molecule has 1 aromatic carbocycles. The molecule has 3 rings (SSSR count). The number of aromatic nitrogens is 1. The van der Waals surface area contributed by atoms with E-state index in [0.717, 1.165) is 43.4 Å². The van der Waals surface area contributed by atoms with Crippen LogP contribution in [0.5, 0.6) is 0 Å². The van der Waals surface area contributed by atoms with E-state index >= 15 is 0 Å². The van der Waals surface area contributed by atoms with Crippen LogP contribution in [0.4, 0.5) is 5.69 Å². The van der Waals surface area contributed by atoms with E-state index in [0.29, 0.717) is 10.9 Å². The Hall–Kier alpha value is -2.17. The number of pyridine rings is 1. The smallest absolute Gasteiger partial charge is 0.271 e. The third-order valence-electron chi connectivity index (χ3n) is 3.74. The highest BCUT2D eigenvalue weighted by molar-refractivity contribution is 5.81. The Bertz CT molecular complexity index is 718. The van der Waals surface area contributed by atoms with Gasteiger partial charge in [0.2, 0.25) is 0 Å². The lowest BCUT2D eigenvalue weighted by molar-refractivity contribution is -0.384. The van der Waals surface area contributed by atoms with Crippen molar-refractivity contribution in [2.24, 2.45) is 0 Å². The van der Waals surface area contributed by atoms with Crippen LogP contribution in [-0.4, -0.2) is 9.91 Å². The molecule has 1 aliphatic rings. The molecule has 0 amide bonds. The Balaban J connectivity index is 2.28. The van der Waals surface area contributed by atoms with Crippen molar-refractivity contribution in [2.75, 3.05) is 0 Å². The van der Waals surface area contributed by atoms with E-state index in [1.165, 1.54) is 12.1 Å². The SMILES string of the molecule is O=c1c2c([nH]c3cc([N+](=O)[O-])ccc13)CCCCC2. The molecule has 5 nitrogen and oxygen atoms in total. The fraction of sp³-hybridized carbons (Fsp3) is 0.357. The van der Waals surface area contributed by atoms with Crippen molar-refractivity contribution in [2.45, 2.75) is 32.1 Å². The number of H-pyrrole nitrogens is 1. The van der Waals surface area contributed by atoms with Gasteiger partial charge in [-0.2, -0.15) is 0 Å². The summed E-state index contributed by atoms with van der Waals surface area (Å²) in [7, 11) is 0. The number of aryl methyl sites for hydroxylation is 1. The lowest BCUT2D eigenvalue weighted by Crippen LogP contribution is -2.14. The van der Waals surface area contributed by atoms with Crippen LogP contribution in [0.3, 0.4) is 0 Å². The van der Waals surface area contributed by atoms with Crippen LogP contribution in [0.1, 0.15) is 30.5 Å². The fourth-order valence-corrected chi connectivity index (χ4v) is 2.74. The molecule has 1 N–H and O–H groups in total. The molecule has 0 unspecified atom stereocenters. The molecule has 0 atom stereocenters. The molecule has 1 heterocycles. The van der Waals surface area contributed by atoms with E-state index < -0.39 is 4.92 Å². The Morgan fingerprint density at radius 1 is 1.16 bits per heavy atom. The van der Waals surface area contributed by atoms with E-state index in [2.05, 4.69) is 4.98 Å². The fourth-order valence-electron chi connectivity index (χ4n) is 2.74. The highest BCUT2D eigenvalue weighted by Crippen LogP contribution is 2.22. The maximum absolute atomic E-state index is 12.4. The number of nitro groups is 1. The molecular weight excluding hydrogens is 244 g/mol. The summed E-state index contributed by atoms with van der Waals surface area (Å²) in [5.74, 6) is 0. The van der Waals surface area contributed by atoms with Gasteiger partial charge >= 0.3 is 0 Å². The standard InChI is InChI=1S/C14H14N2O3/c17-14-10-4-2-1-3-5-12(10)15-13-8-9(16(18)19)6-7-11(13)14/h6-8H,1-5H2,(H,15,17). The monoisotopic (exact) mass is 258 g/mol. The van der Waals surface area contributed by atoms with Crippen LogP contribution in [0.2, 0.25) is 0 Å². The minimum atomic E-state index is -0.441. The first-order valence-corrected chi connectivity index (χ1v) is 6.49. The molecular formula is C14H14N2O3. The first-order valence-electron chi connectivity index (χ1n) is 6.49. The Morgan fingerprint density at radius 3 is 2.74 bits per heavy atom. The normalized spacial score (nSPS) is 14.9. The lowest BCUT2D eigenvalue weighted by atomic mass is 10.0. The number of nitrogens with zero attached hydrogens (tertiary/aromatic N) is 1. The summed E-state index contributed by atoms with van der Waals surface area (Å²) >= 11 is 0. The molecule has 1 aliphatic carbocycles. The van der Waals surface area contributed by atoms with Crippen molar-refractivity contribution < 1.29 is 4.92 Å². The largest absolute Gasteiger partial charge is 0.358 e. The van der Waals surface area contributed by atoms with Crippen LogP contribution in [0.15, 0.2) is 23.0 Å². The predicted octanol–water partition coefficient (Wildman–Crippen LogP) is 2.71.